The number of carbonyl (C=O) groups is 2. The molecule has 0 aliphatic carbocycles. The number of hydrogen-bond acceptors (Lipinski definition) is 10. The molecule has 0 spiro atoms. The van der Waals surface area contributed by atoms with E-state index in [0.29, 0.717) is 0 Å². The van der Waals surface area contributed by atoms with E-state index in [1.807, 2.05) is 0 Å². The minimum absolute atomic E-state index is 0.0543. The topological polar surface area (TPSA) is 164 Å². The van der Waals surface area contributed by atoms with Gasteiger partial charge in [0.25, 0.3) is 0 Å². The summed E-state index contributed by atoms with van der Waals surface area (Å²) in [5.74, 6) is -0.812. The highest BCUT2D eigenvalue weighted by molar-refractivity contribution is 5.81. The Hall–Kier alpha value is -1.76. The summed E-state index contributed by atoms with van der Waals surface area (Å²) in [4.78, 5) is 23.5. The number of rotatable bonds is 9. The number of amides is 1. The van der Waals surface area contributed by atoms with Crippen LogP contribution in [0.25, 0.3) is 0 Å². The summed E-state index contributed by atoms with van der Waals surface area (Å²) >= 11 is 0. The maximum absolute atomic E-state index is 11.9. The van der Waals surface area contributed by atoms with E-state index >= 15 is 0 Å². The molecule has 1 aliphatic rings. The van der Waals surface area contributed by atoms with Gasteiger partial charge in [-0.05, 0) is 6.92 Å². The number of hydrogen-bond donors (Lipinski definition) is 5. The monoisotopic (exact) mass is 379 g/mol. The molecule has 1 saturated heterocycles. The molecule has 0 saturated carbocycles. The molecule has 1 amide bonds. The maximum Gasteiger partial charge on any atom is 0.408 e. The van der Waals surface area contributed by atoms with Gasteiger partial charge in [0.05, 0.1) is 19.8 Å². The van der Waals surface area contributed by atoms with Gasteiger partial charge in [0.2, 0.25) is 0 Å². The molecule has 11 heteroatoms. The first-order valence-electron chi connectivity index (χ1n) is 7.98. The molecule has 0 aromatic heterocycles. The predicted molar refractivity (Wildman–Crippen MR) is 84.8 cm³/mol. The third-order valence-electron chi connectivity index (χ3n) is 3.47. The Bertz CT molecular complexity index is 471. The summed E-state index contributed by atoms with van der Waals surface area (Å²) in [5.41, 5.74) is 0. The van der Waals surface area contributed by atoms with Gasteiger partial charge in [-0.3, -0.25) is 0 Å². The number of alkyl carbamates (subject to hydrolysis) is 1. The quantitative estimate of drug-likeness (QED) is 0.216. The van der Waals surface area contributed by atoms with E-state index in [2.05, 4.69) is 11.9 Å². The first-order valence-corrected chi connectivity index (χ1v) is 7.98. The number of ether oxygens (including phenoxy) is 4. The Labute approximate surface area is 150 Å². The van der Waals surface area contributed by atoms with Gasteiger partial charge in [-0.1, -0.05) is 12.7 Å². The second kappa shape index (κ2) is 11.1. The van der Waals surface area contributed by atoms with Crippen molar-refractivity contribution in [3.63, 3.8) is 0 Å². The van der Waals surface area contributed by atoms with Crippen molar-refractivity contribution in [1.29, 1.82) is 0 Å². The molecule has 1 unspecified atom stereocenters. The van der Waals surface area contributed by atoms with Gasteiger partial charge in [-0.15, -0.1) is 0 Å². The fourth-order valence-corrected chi connectivity index (χ4v) is 2.13. The normalized spacial score (nSPS) is 29.5. The van der Waals surface area contributed by atoms with Crippen LogP contribution in [0.2, 0.25) is 0 Å². The standard InChI is InChI=1S/C15H25NO10/c1-3-5-24-15(22)16-8(13(21)23-4-2)7-25-14-12(20)11(19)10(18)9(6-17)26-14/h3,8-12,14,17-20H,1,4-7H2,2H3,(H,16,22)/t8?,9-,10+,11+,12-,14-/m1/s1. The average Bonchev–Trinajstić information content (AvgIpc) is 2.62. The lowest BCUT2D eigenvalue weighted by atomic mass is 9.99. The number of aliphatic hydroxyl groups is 4. The summed E-state index contributed by atoms with van der Waals surface area (Å²) in [7, 11) is 0. The second-order valence-corrected chi connectivity index (χ2v) is 5.37. The minimum atomic E-state index is -1.64. The molecule has 5 N–H and O–H groups in total. The molecule has 11 nitrogen and oxygen atoms in total. The number of esters is 1. The number of nitrogens with one attached hydrogen (secondary N) is 1. The van der Waals surface area contributed by atoms with Gasteiger partial charge in [0.1, 0.15) is 31.0 Å². The van der Waals surface area contributed by atoms with Crippen LogP contribution in [0.5, 0.6) is 0 Å². The molecule has 0 aromatic carbocycles. The Kier molecular flexibility index (Phi) is 9.48. The number of aliphatic hydroxyl groups excluding tert-OH is 4. The van der Waals surface area contributed by atoms with Crippen molar-refractivity contribution in [3.8, 4) is 0 Å². The van der Waals surface area contributed by atoms with Crippen LogP contribution in [0.15, 0.2) is 12.7 Å². The average molecular weight is 379 g/mol. The largest absolute Gasteiger partial charge is 0.464 e. The zero-order valence-corrected chi connectivity index (χ0v) is 14.3. The van der Waals surface area contributed by atoms with Crippen molar-refractivity contribution in [2.24, 2.45) is 0 Å². The van der Waals surface area contributed by atoms with Crippen LogP contribution < -0.4 is 5.32 Å². The summed E-state index contributed by atoms with van der Waals surface area (Å²) < 4.78 is 19.9. The van der Waals surface area contributed by atoms with Crippen molar-refractivity contribution >= 4 is 12.1 Å². The van der Waals surface area contributed by atoms with Crippen LogP contribution >= 0.6 is 0 Å². The van der Waals surface area contributed by atoms with Crippen molar-refractivity contribution in [3.05, 3.63) is 12.7 Å². The minimum Gasteiger partial charge on any atom is -0.464 e. The van der Waals surface area contributed by atoms with Crippen molar-refractivity contribution in [2.45, 2.75) is 43.7 Å². The van der Waals surface area contributed by atoms with Crippen molar-refractivity contribution < 1.29 is 49.0 Å². The van der Waals surface area contributed by atoms with E-state index in [4.69, 9.17) is 24.1 Å². The third-order valence-corrected chi connectivity index (χ3v) is 3.47. The van der Waals surface area contributed by atoms with E-state index in [9.17, 15) is 24.9 Å². The number of carbonyl (C=O) groups excluding carboxylic acids is 2. The lowest BCUT2D eigenvalue weighted by Gasteiger charge is -2.39. The summed E-state index contributed by atoms with van der Waals surface area (Å²) in [5, 5.41) is 40.7. The molecule has 150 valence electrons. The highest BCUT2D eigenvalue weighted by Crippen LogP contribution is 2.22. The molecule has 1 rings (SSSR count). The van der Waals surface area contributed by atoms with E-state index in [-0.39, 0.29) is 13.2 Å². The smallest absolute Gasteiger partial charge is 0.408 e. The summed E-state index contributed by atoms with van der Waals surface area (Å²) in [6.45, 7) is 3.82. The fourth-order valence-electron chi connectivity index (χ4n) is 2.13. The Morgan fingerprint density at radius 1 is 1.23 bits per heavy atom. The third kappa shape index (κ3) is 6.20. The molecule has 6 atom stereocenters. The molecule has 1 aliphatic heterocycles. The van der Waals surface area contributed by atoms with E-state index in [0.717, 1.165) is 0 Å². The van der Waals surface area contributed by atoms with Crippen molar-refractivity contribution in [2.75, 3.05) is 26.4 Å². The zero-order valence-electron chi connectivity index (χ0n) is 14.3. The highest BCUT2D eigenvalue weighted by atomic mass is 16.7. The molecular formula is C15H25NO10. The van der Waals surface area contributed by atoms with Gasteiger partial charge in [-0.25, -0.2) is 9.59 Å². The van der Waals surface area contributed by atoms with E-state index < -0.39 is 62.0 Å². The second-order valence-electron chi connectivity index (χ2n) is 5.37. The summed E-state index contributed by atoms with van der Waals surface area (Å²) in [6, 6.07) is -1.28. The van der Waals surface area contributed by atoms with E-state index in [1.54, 1.807) is 6.92 Å². The molecule has 1 fully saturated rings. The zero-order chi connectivity index (χ0) is 19.7. The van der Waals surface area contributed by atoms with Crippen LogP contribution in [0, 0.1) is 0 Å². The van der Waals surface area contributed by atoms with Gasteiger partial charge in [-0.2, -0.15) is 0 Å². The maximum atomic E-state index is 11.9. The highest BCUT2D eigenvalue weighted by Gasteiger charge is 2.44. The van der Waals surface area contributed by atoms with Crippen molar-refractivity contribution in [1.82, 2.24) is 5.32 Å². The first-order chi connectivity index (χ1) is 12.3. The van der Waals surface area contributed by atoms with E-state index in [1.165, 1.54) is 6.08 Å². The molecule has 1 heterocycles. The van der Waals surface area contributed by atoms with Crippen LogP contribution in [0.3, 0.4) is 0 Å². The lowest BCUT2D eigenvalue weighted by molar-refractivity contribution is -0.301. The Morgan fingerprint density at radius 2 is 1.92 bits per heavy atom. The molecule has 0 aromatic rings. The van der Waals surface area contributed by atoms with Crippen LogP contribution in [0.1, 0.15) is 6.92 Å². The van der Waals surface area contributed by atoms with Crippen LogP contribution in [0.4, 0.5) is 4.79 Å². The molecule has 26 heavy (non-hydrogen) atoms. The molecule has 0 bridgehead atoms. The van der Waals surface area contributed by atoms with Gasteiger partial charge >= 0.3 is 12.1 Å². The summed E-state index contributed by atoms with van der Waals surface area (Å²) in [6.07, 6.45) is -6.99. The predicted octanol–water partition coefficient (Wildman–Crippen LogP) is -2.35. The van der Waals surface area contributed by atoms with Gasteiger partial charge < -0.3 is 44.7 Å². The SMILES string of the molecule is C=CCOC(=O)NC(CO[C@@H]1O[C@H](CO)[C@H](O)[C@H](O)[C@H]1O)C(=O)OCC. The van der Waals surface area contributed by atoms with Gasteiger partial charge in [0, 0.05) is 0 Å². The molecule has 0 radical (unpaired) electrons. The van der Waals surface area contributed by atoms with Gasteiger partial charge in [0.15, 0.2) is 12.3 Å². The lowest BCUT2D eigenvalue weighted by Crippen LogP contribution is -2.59. The first kappa shape index (κ1) is 22.3. The van der Waals surface area contributed by atoms with Crippen LogP contribution in [-0.4, -0.2) is 95.7 Å². The fraction of sp³-hybridized carbons (Fsp3) is 0.733. The molecular weight excluding hydrogens is 354 g/mol. The van der Waals surface area contributed by atoms with Crippen LogP contribution in [-0.2, 0) is 23.7 Å². The Balaban J connectivity index is 2.70. The Morgan fingerprint density at radius 3 is 2.50 bits per heavy atom.